The first kappa shape index (κ1) is 22.3. The first-order valence-electron chi connectivity index (χ1n) is 10.5. The number of hydrogen-bond acceptors (Lipinski definition) is 7. The van der Waals surface area contributed by atoms with Gasteiger partial charge in [-0.3, -0.25) is 0 Å². The molecule has 0 unspecified atom stereocenters. The summed E-state index contributed by atoms with van der Waals surface area (Å²) in [6.45, 7) is 4.29. The van der Waals surface area contributed by atoms with Crippen LogP contribution in [0, 0.1) is 5.41 Å². The van der Waals surface area contributed by atoms with Crippen LogP contribution < -0.4 is 15.2 Å². The number of halogens is 3. The number of anilines is 1. The van der Waals surface area contributed by atoms with Crippen molar-refractivity contribution in [2.24, 2.45) is 5.41 Å². The van der Waals surface area contributed by atoms with E-state index in [1.807, 2.05) is 0 Å². The third-order valence-electron chi connectivity index (χ3n) is 6.08. The SMILES string of the molecule is CP(C)(O)(O)Oc1cccc2c(-c3nc(NC4CC5(CNC5)C4)ncc3C(F)(F)F)c[nH]c12. The summed E-state index contributed by atoms with van der Waals surface area (Å²) in [5, 5.41) is 6.82. The van der Waals surface area contributed by atoms with Gasteiger partial charge in [0.05, 0.1) is 0 Å². The summed E-state index contributed by atoms with van der Waals surface area (Å²) in [5.74, 6) is 0.269. The molecule has 1 saturated heterocycles. The molecule has 1 saturated carbocycles. The molecule has 1 aromatic carbocycles. The minimum atomic E-state index is -4.65. The van der Waals surface area contributed by atoms with Gasteiger partial charge in [0.15, 0.2) is 0 Å². The number of para-hydroxylation sites is 1. The third-order valence-corrected chi connectivity index (χ3v) is 6.81. The second-order valence-electron chi connectivity index (χ2n) is 9.64. The van der Waals surface area contributed by atoms with Crippen molar-refractivity contribution >= 4 is 24.1 Å². The van der Waals surface area contributed by atoms with E-state index in [9.17, 15) is 23.0 Å². The van der Waals surface area contributed by atoms with Gasteiger partial charge in [0.2, 0.25) is 0 Å². The topological polar surface area (TPSA) is 115 Å². The van der Waals surface area contributed by atoms with Gasteiger partial charge >= 0.3 is 169 Å². The number of H-pyrrole nitrogens is 1. The van der Waals surface area contributed by atoms with E-state index in [0.29, 0.717) is 16.3 Å². The molecule has 1 aliphatic heterocycles. The fourth-order valence-electron chi connectivity index (χ4n) is 4.58. The van der Waals surface area contributed by atoms with Gasteiger partial charge in [-0.25, -0.2) is 0 Å². The van der Waals surface area contributed by atoms with Crippen LogP contribution >= 0.6 is 7.28 Å². The number of nitrogens with one attached hydrogen (secondary N) is 3. The normalized spacial score (nSPS) is 19.5. The molecule has 2 fully saturated rings. The summed E-state index contributed by atoms with van der Waals surface area (Å²) in [6, 6.07) is 4.84. The summed E-state index contributed by atoms with van der Waals surface area (Å²) < 4.78 is 46.9. The van der Waals surface area contributed by atoms with Crippen molar-refractivity contribution in [3.63, 3.8) is 0 Å². The second kappa shape index (κ2) is 7.02. The quantitative estimate of drug-likeness (QED) is 0.351. The maximum absolute atomic E-state index is 13.8. The van der Waals surface area contributed by atoms with Crippen LogP contribution in [0.5, 0.6) is 5.75 Å². The monoisotopic (exact) mass is 483 g/mol. The fourth-order valence-corrected chi connectivity index (χ4v) is 5.31. The molecule has 178 valence electrons. The molecule has 33 heavy (non-hydrogen) atoms. The molecule has 5 N–H and O–H groups in total. The van der Waals surface area contributed by atoms with Crippen LogP contribution in [0.1, 0.15) is 18.4 Å². The number of fused-ring (bicyclic) bond motifs is 1. The number of benzene rings is 1. The molecule has 5 rings (SSSR count). The zero-order valence-corrected chi connectivity index (χ0v) is 19.0. The van der Waals surface area contributed by atoms with Crippen molar-refractivity contribution in [2.45, 2.75) is 25.1 Å². The molecule has 1 aliphatic carbocycles. The van der Waals surface area contributed by atoms with Gasteiger partial charge in [0.1, 0.15) is 0 Å². The Balaban J connectivity index is 1.53. The number of alkyl halides is 3. The summed E-state index contributed by atoms with van der Waals surface area (Å²) in [6.07, 6.45) is -0.592. The van der Waals surface area contributed by atoms with Gasteiger partial charge in [-0.2, -0.15) is 0 Å². The molecular weight excluding hydrogens is 458 g/mol. The van der Waals surface area contributed by atoms with Crippen molar-refractivity contribution in [3.8, 4) is 17.0 Å². The summed E-state index contributed by atoms with van der Waals surface area (Å²) >= 11 is 0. The summed E-state index contributed by atoms with van der Waals surface area (Å²) in [7, 11) is -4.37. The van der Waals surface area contributed by atoms with E-state index in [2.05, 4.69) is 25.6 Å². The zero-order chi connectivity index (χ0) is 23.7. The second-order valence-corrected chi connectivity index (χ2v) is 13.6. The molecule has 0 atom stereocenters. The Kier molecular flexibility index (Phi) is 4.75. The van der Waals surface area contributed by atoms with E-state index >= 15 is 0 Å². The molecular formula is C21H25F3N5O3P. The van der Waals surface area contributed by atoms with Crippen LogP contribution in [0.25, 0.3) is 22.2 Å². The number of rotatable bonds is 5. The number of hydrogen-bond donors (Lipinski definition) is 5. The van der Waals surface area contributed by atoms with Crippen molar-refractivity contribution < 1.29 is 27.5 Å². The maximum atomic E-state index is 13.8. The van der Waals surface area contributed by atoms with E-state index < -0.39 is 19.0 Å². The number of nitrogens with zero attached hydrogens (tertiary/aromatic N) is 2. The van der Waals surface area contributed by atoms with Crippen LogP contribution in [0.4, 0.5) is 19.1 Å². The van der Waals surface area contributed by atoms with E-state index in [-0.39, 0.29) is 29.0 Å². The molecule has 12 heteroatoms. The van der Waals surface area contributed by atoms with Gasteiger partial charge in [-0.15, -0.1) is 0 Å². The van der Waals surface area contributed by atoms with Crippen LogP contribution in [-0.4, -0.2) is 57.2 Å². The van der Waals surface area contributed by atoms with E-state index in [4.69, 9.17) is 4.52 Å². The first-order valence-corrected chi connectivity index (χ1v) is 13.5. The van der Waals surface area contributed by atoms with Gasteiger partial charge in [-0.05, 0) is 0 Å². The third kappa shape index (κ3) is 4.38. The Morgan fingerprint density at radius 3 is 2.55 bits per heavy atom. The number of aromatic amines is 1. The molecule has 3 aromatic rings. The Morgan fingerprint density at radius 2 is 1.94 bits per heavy atom. The van der Waals surface area contributed by atoms with E-state index in [0.717, 1.165) is 32.1 Å². The van der Waals surface area contributed by atoms with Crippen molar-refractivity contribution in [3.05, 3.63) is 36.2 Å². The molecule has 3 heterocycles. The standard InChI is InChI=1S/C21H25F3N5O3P/c1-33(2,30,31)32-16-5-3-4-13-14(8-26-18(13)16)17-15(21(22,23)24)9-27-19(29-17)28-12-6-20(7-12)10-25-11-20/h3-5,8-9,12,25-26,30-31H,6-7,10-11H2,1-2H3,(H,27,28,29). The Labute approximate surface area is 187 Å². The Hall–Kier alpha value is -2.46. The minimum absolute atomic E-state index is 0.122. The fraction of sp³-hybridized carbons (Fsp3) is 0.429. The van der Waals surface area contributed by atoms with Crippen LogP contribution in [0.2, 0.25) is 0 Å². The van der Waals surface area contributed by atoms with Gasteiger partial charge in [0.25, 0.3) is 0 Å². The molecule has 1 spiro atoms. The predicted octanol–water partition coefficient (Wildman–Crippen LogP) is 3.73. The first-order chi connectivity index (χ1) is 15.3. The van der Waals surface area contributed by atoms with Gasteiger partial charge in [0, 0.05) is 13.1 Å². The van der Waals surface area contributed by atoms with E-state index in [1.54, 1.807) is 12.1 Å². The van der Waals surface area contributed by atoms with Crippen LogP contribution in [0.3, 0.4) is 0 Å². The van der Waals surface area contributed by atoms with Crippen LogP contribution in [-0.2, 0) is 6.18 Å². The molecule has 2 aromatic heterocycles. The van der Waals surface area contributed by atoms with Crippen LogP contribution in [0.15, 0.2) is 30.6 Å². The summed E-state index contributed by atoms with van der Waals surface area (Å²) in [5.41, 5.74) is -0.365. The summed E-state index contributed by atoms with van der Waals surface area (Å²) in [4.78, 5) is 31.4. The molecule has 0 radical (unpaired) electrons. The number of aromatic nitrogens is 3. The van der Waals surface area contributed by atoms with Crippen molar-refractivity contribution in [1.29, 1.82) is 0 Å². The average Bonchev–Trinajstić information content (AvgIpc) is 3.05. The predicted molar refractivity (Wildman–Crippen MR) is 120 cm³/mol. The van der Waals surface area contributed by atoms with E-state index in [1.165, 1.54) is 25.6 Å². The molecule has 0 bridgehead atoms. The zero-order valence-electron chi connectivity index (χ0n) is 18.1. The van der Waals surface area contributed by atoms with Gasteiger partial charge in [-0.1, -0.05) is 0 Å². The molecule has 8 nitrogen and oxygen atoms in total. The molecule has 0 amide bonds. The Morgan fingerprint density at radius 1 is 1.21 bits per heavy atom. The van der Waals surface area contributed by atoms with Gasteiger partial charge < -0.3 is 5.32 Å². The average molecular weight is 483 g/mol. The van der Waals surface area contributed by atoms with Crippen molar-refractivity contribution in [1.82, 2.24) is 20.3 Å². The molecule has 2 aliphatic rings. The Bertz CT molecular complexity index is 1220. The van der Waals surface area contributed by atoms with Crippen molar-refractivity contribution in [2.75, 3.05) is 31.7 Å².